The maximum Gasteiger partial charge on any atom is 0.252 e. The van der Waals surface area contributed by atoms with Crippen molar-refractivity contribution in [1.29, 1.82) is 0 Å². The number of H-pyrrole nitrogens is 1. The van der Waals surface area contributed by atoms with Crippen molar-refractivity contribution in [3.63, 3.8) is 0 Å². The van der Waals surface area contributed by atoms with E-state index in [1.54, 1.807) is 24.1 Å². The van der Waals surface area contributed by atoms with Crippen LogP contribution in [0.2, 0.25) is 0 Å². The molecule has 2 N–H and O–H groups in total. The van der Waals surface area contributed by atoms with Gasteiger partial charge in [-0.25, -0.2) is 4.39 Å². The first-order valence-electron chi connectivity index (χ1n) is 8.42. The molecule has 0 aliphatic carbocycles. The van der Waals surface area contributed by atoms with Crippen molar-refractivity contribution >= 4 is 22.7 Å². The van der Waals surface area contributed by atoms with Crippen LogP contribution in [-0.4, -0.2) is 28.7 Å². The van der Waals surface area contributed by atoms with Crippen molar-refractivity contribution in [2.75, 3.05) is 7.05 Å². The number of fused-ring (bicyclic) bond motifs is 2. The number of hydrogen-bond acceptors (Lipinski definition) is 2. The van der Waals surface area contributed by atoms with Gasteiger partial charge in [0.2, 0.25) is 5.91 Å². The molecule has 0 saturated carbocycles. The molecule has 0 spiro atoms. The number of nitrogens with one attached hydrogen (secondary N) is 2. The van der Waals surface area contributed by atoms with E-state index in [0.29, 0.717) is 12.1 Å². The molecule has 2 aromatic carbocycles. The highest BCUT2D eigenvalue weighted by Crippen LogP contribution is 2.28. The fourth-order valence-electron chi connectivity index (χ4n) is 3.41. The Bertz CT molecular complexity index is 1010. The van der Waals surface area contributed by atoms with E-state index in [0.717, 1.165) is 22.2 Å². The summed E-state index contributed by atoms with van der Waals surface area (Å²) >= 11 is 0. The molecular weight excluding hydrogens is 333 g/mol. The SMILES string of the molecule is CN(Cc1cc2cc(F)ccc2[nH]1)C(=O)CC1NC(=O)c2ccccc21. The molecule has 0 bridgehead atoms. The Balaban J connectivity index is 1.45. The van der Waals surface area contributed by atoms with Gasteiger partial charge in [-0.1, -0.05) is 18.2 Å². The van der Waals surface area contributed by atoms with Crippen molar-refractivity contribution in [1.82, 2.24) is 15.2 Å². The quantitative estimate of drug-likeness (QED) is 0.758. The summed E-state index contributed by atoms with van der Waals surface area (Å²) in [5, 5.41) is 3.64. The fourth-order valence-corrected chi connectivity index (χ4v) is 3.41. The van der Waals surface area contributed by atoms with E-state index in [9.17, 15) is 14.0 Å². The first-order valence-corrected chi connectivity index (χ1v) is 8.42. The third kappa shape index (κ3) is 2.94. The lowest BCUT2D eigenvalue weighted by atomic mass is 10.0. The Kier molecular flexibility index (Phi) is 3.95. The summed E-state index contributed by atoms with van der Waals surface area (Å²) in [6.07, 6.45) is 0.202. The van der Waals surface area contributed by atoms with Crippen LogP contribution in [0.15, 0.2) is 48.5 Å². The summed E-state index contributed by atoms with van der Waals surface area (Å²) < 4.78 is 13.3. The zero-order valence-corrected chi connectivity index (χ0v) is 14.3. The normalized spacial score (nSPS) is 15.8. The Morgan fingerprint density at radius 2 is 2.00 bits per heavy atom. The number of halogens is 1. The molecule has 6 heteroatoms. The third-order valence-corrected chi connectivity index (χ3v) is 4.74. The highest BCUT2D eigenvalue weighted by Gasteiger charge is 2.30. The van der Waals surface area contributed by atoms with Crippen molar-refractivity contribution in [2.24, 2.45) is 0 Å². The molecule has 0 radical (unpaired) electrons. The zero-order chi connectivity index (χ0) is 18.3. The Labute approximate surface area is 149 Å². The molecule has 5 nitrogen and oxygen atoms in total. The van der Waals surface area contributed by atoms with Crippen LogP contribution in [-0.2, 0) is 11.3 Å². The van der Waals surface area contributed by atoms with Gasteiger partial charge in [-0.15, -0.1) is 0 Å². The number of aromatic nitrogens is 1. The van der Waals surface area contributed by atoms with Crippen LogP contribution >= 0.6 is 0 Å². The van der Waals surface area contributed by atoms with Gasteiger partial charge in [-0.3, -0.25) is 9.59 Å². The maximum absolute atomic E-state index is 13.3. The molecule has 1 aliphatic heterocycles. The maximum atomic E-state index is 13.3. The van der Waals surface area contributed by atoms with Crippen LogP contribution in [0, 0.1) is 5.82 Å². The Morgan fingerprint density at radius 1 is 1.19 bits per heavy atom. The van der Waals surface area contributed by atoms with Gasteiger partial charge < -0.3 is 15.2 Å². The number of carbonyl (C=O) groups excluding carboxylic acids is 2. The van der Waals surface area contributed by atoms with E-state index >= 15 is 0 Å². The number of nitrogens with zero attached hydrogens (tertiary/aromatic N) is 1. The van der Waals surface area contributed by atoms with Crippen LogP contribution < -0.4 is 5.32 Å². The van der Waals surface area contributed by atoms with E-state index in [-0.39, 0.29) is 30.1 Å². The number of aromatic amines is 1. The minimum atomic E-state index is -0.301. The molecule has 1 aliphatic rings. The minimum Gasteiger partial charge on any atom is -0.357 e. The smallest absolute Gasteiger partial charge is 0.252 e. The lowest BCUT2D eigenvalue weighted by Crippen LogP contribution is -2.30. The number of rotatable bonds is 4. The van der Waals surface area contributed by atoms with Crippen molar-refractivity contribution in [3.8, 4) is 0 Å². The lowest BCUT2D eigenvalue weighted by Gasteiger charge is -2.19. The molecular formula is C20H18FN3O2. The Morgan fingerprint density at radius 3 is 2.85 bits per heavy atom. The average Bonchev–Trinajstić information content (AvgIpc) is 3.15. The summed E-state index contributed by atoms with van der Waals surface area (Å²) in [6, 6.07) is 13.4. The molecule has 26 heavy (non-hydrogen) atoms. The summed E-state index contributed by atoms with van der Waals surface area (Å²) in [5.74, 6) is -0.501. The summed E-state index contributed by atoms with van der Waals surface area (Å²) in [7, 11) is 1.72. The first-order chi connectivity index (χ1) is 12.5. The molecule has 0 saturated heterocycles. The van der Waals surface area contributed by atoms with Gasteiger partial charge in [-0.05, 0) is 35.9 Å². The van der Waals surface area contributed by atoms with Gasteiger partial charge in [0.25, 0.3) is 5.91 Å². The third-order valence-electron chi connectivity index (χ3n) is 4.74. The highest BCUT2D eigenvalue weighted by molar-refractivity contribution is 5.99. The summed E-state index contributed by atoms with van der Waals surface area (Å²) in [6.45, 7) is 0.386. The van der Waals surface area contributed by atoms with E-state index in [1.165, 1.54) is 12.1 Å². The van der Waals surface area contributed by atoms with Crippen LogP contribution in [0.4, 0.5) is 4.39 Å². The standard InChI is InChI=1S/C20H18FN3O2/c1-24(11-14-9-12-8-13(21)6-7-17(12)22-14)19(25)10-18-15-4-2-3-5-16(15)20(26)23-18/h2-9,18,22H,10-11H2,1H3,(H,23,26). The average molecular weight is 351 g/mol. The topological polar surface area (TPSA) is 65.2 Å². The largest absolute Gasteiger partial charge is 0.357 e. The van der Waals surface area contributed by atoms with Crippen LogP contribution in [0.5, 0.6) is 0 Å². The highest BCUT2D eigenvalue weighted by atomic mass is 19.1. The van der Waals surface area contributed by atoms with Gasteiger partial charge in [0, 0.05) is 29.2 Å². The molecule has 1 aromatic heterocycles. The van der Waals surface area contributed by atoms with E-state index < -0.39 is 0 Å². The van der Waals surface area contributed by atoms with Crippen molar-refractivity contribution < 1.29 is 14.0 Å². The molecule has 1 atom stereocenters. The summed E-state index contributed by atoms with van der Waals surface area (Å²) in [4.78, 5) is 29.4. The predicted molar refractivity (Wildman–Crippen MR) is 96.0 cm³/mol. The number of hydrogen-bond donors (Lipinski definition) is 2. The number of amides is 2. The second-order valence-electron chi connectivity index (χ2n) is 6.59. The minimum absolute atomic E-state index is 0.0724. The van der Waals surface area contributed by atoms with Gasteiger partial charge in [0.05, 0.1) is 19.0 Å². The first kappa shape index (κ1) is 16.3. The van der Waals surface area contributed by atoms with Gasteiger partial charge in [-0.2, -0.15) is 0 Å². The van der Waals surface area contributed by atoms with E-state index in [1.807, 2.05) is 24.3 Å². The molecule has 2 amide bonds. The van der Waals surface area contributed by atoms with Crippen molar-refractivity contribution in [3.05, 3.63) is 71.2 Å². The van der Waals surface area contributed by atoms with Crippen LogP contribution in [0.1, 0.15) is 34.1 Å². The van der Waals surface area contributed by atoms with Gasteiger partial charge >= 0.3 is 0 Å². The summed E-state index contributed by atoms with van der Waals surface area (Å²) in [5.41, 5.74) is 3.16. The zero-order valence-electron chi connectivity index (χ0n) is 14.3. The molecule has 3 aromatic rings. The molecule has 0 fully saturated rings. The number of carbonyl (C=O) groups is 2. The Hall–Kier alpha value is -3.15. The van der Waals surface area contributed by atoms with E-state index in [4.69, 9.17) is 0 Å². The van der Waals surface area contributed by atoms with Crippen molar-refractivity contribution in [2.45, 2.75) is 19.0 Å². The van der Waals surface area contributed by atoms with Gasteiger partial charge in [0.1, 0.15) is 5.82 Å². The fraction of sp³-hybridized carbons (Fsp3) is 0.200. The van der Waals surface area contributed by atoms with E-state index in [2.05, 4.69) is 10.3 Å². The predicted octanol–water partition coefficient (Wildman–Crippen LogP) is 3.14. The molecule has 1 unspecified atom stereocenters. The van der Waals surface area contributed by atoms with Crippen LogP contribution in [0.25, 0.3) is 10.9 Å². The number of benzene rings is 2. The van der Waals surface area contributed by atoms with Gasteiger partial charge in [0.15, 0.2) is 0 Å². The molecule has 132 valence electrons. The lowest BCUT2D eigenvalue weighted by molar-refractivity contribution is -0.130. The monoisotopic (exact) mass is 351 g/mol. The molecule has 2 heterocycles. The second kappa shape index (κ2) is 6.29. The second-order valence-corrected chi connectivity index (χ2v) is 6.59. The molecule has 4 rings (SSSR count). The van der Waals surface area contributed by atoms with Crippen LogP contribution in [0.3, 0.4) is 0 Å².